The maximum atomic E-state index is 4.80. The van der Waals surface area contributed by atoms with Gasteiger partial charge in [0.25, 0.3) is 0 Å². The second-order valence-electron chi connectivity index (χ2n) is 7.50. The maximum Gasteiger partial charge on any atom is 0.191 e. The average molecular weight is 345 g/mol. The molecule has 0 saturated carbocycles. The highest BCUT2D eigenvalue weighted by atomic mass is 15.2. The average Bonchev–Trinajstić information content (AvgIpc) is 2.61. The lowest BCUT2D eigenvalue weighted by Gasteiger charge is -2.29. The fourth-order valence-corrected chi connectivity index (χ4v) is 3.40. The van der Waals surface area contributed by atoms with Crippen LogP contribution in [0.3, 0.4) is 0 Å². The van der Waals surface area contributed by atoms with Gasteiger partial charge in [-0.2, -0.15) is 0 Å². The minimum atomic E-state index is 0.434. The van der Waals surface area contributed by atoms with E-state index in [2.05, 4.69) is 67.6 Å². The smallest absolute Gasteiger partial charge is 0.191 e. The van der Waals surface area contributed by atoms with Gasteiger partial charge in [0.2, 0.25) is 0 Å². The highest BCUT2D eigenvalue weighted by Crippen LogP contribution is 2.19. The lowest BCUT2D eigenvalue weighted by atomic mass is 9.94. The lowest BCUT2D eigenvalue weighted by molar-refractivity contribution is 0.213. The van der Waals surface area contributed by atoms with Crippen LogP contribution in [0.2, 0.25) is 0 Å². The van der Waals surface area contributed by atoms with E-state index in [4.69, 9.17) is 4.99 Å². The molecule has 140 valence electrons. The molecule has 4 nitrogen and oxygen atoms in total. The highest BCUT2D eigenvalue weighted by Gasteiger charge is 2.16. The predicted molar refractivity (Wildman–Crippen MR) is 108 cm³/mol. The van der Waals surface area contributed by atoms with Crippen LogP contribution in [0, 0.1) is 12.8 Å². The Morgan fingerprint density at radius 1 is 1.28 bits per heavy atom. The largest absolute Gasteiger partial charge is 0.357 e. The van der Waals surface area contributed by atoms with E-state index in [-0.39, 0.29) is 0 Å². The zero-order valence-electron chi connectivity index (χ0n) is 16.5. The second kappa shape index (κ2) is 10.4. The van der Waals surface area contributed by atoms with Crippen molar-refractivity contribution in [3.05, 3.63) is 35.4 Å². The molecule has 1 fully saturated rings. The van der Waals surface area contributed by atoms with Crippen LogP contribution >= 0.6 is 0 Å². The Labute approximate surface area is 154 Å². The molecule has 4 heteroatoms. The monoisotopic (exact) mass is 344 g/mol. The normalized spacial score (nSPS) is 18.2. The first-order chi connectivity index (χ1) is 12.1. The molecule has 1 aromatic rings. The number of benzene rings is 1. The molecule has 1 aliphatic heterocycles. The number of aryl methyl sites for hydroxylation is 1. The third kappa shape index (κ3) is 7.07. The lowest BCUT2D eigenvalue weighted by Crippen LogP contribution is -2.39. The van der Waals surface area contributed by atoms with Crippen molar-refractivity contribution in [3.8, 4) is 0 Å². The van der Waals surface area contributed by atoms with Crippen molar-refractivity contribution in [1.29, 1.82) is 0 Å². The number of nitrogens with one attached hydrogen (secondary N) is 2. The molecule has 1 aliphatic rings. The van der Waals surface area contributed by atoms with Gasteiger partial charge in [0.05, 0.1) is 0 Å². The number of nitrogens with zero attached hydrogens (tertiary/aromatic N) is 2. The van der Waals surface area contributed by atoms with E-state index >= 15 is 0 Å². The number of hydrogen-bond donors (Lipinski definition) is 2. The SMILES string of the molecule is CCNC(=NCC(C)c1cccc(C)c1)NCCC1CCN(C)CC1. The summed E-state index contributed by atoms with van der Waals surface area (Å²) in [6.45, 7) is 11.7. The molecule has 1 aromatic carbocycles. The van der Waals surface area contributed by atoms with Crippen molar-refractivity contribution in [2.75, 3.05) is 39.8 Å². The van der Waals surface area contributed by atoms with Crippen LogP contribution in [0.1, 0.15) is 50.2 Å². The van der Waals surface area contributed by atoms with E-state index in [0.717, 1.165) is 31.5 Å². The summed E-state index contributed by atoms with van der Waals surface area (Å²) in [5.41, 5.74) is 2.68. The minimum Gasteiger partial charge on any atom is -0.357 e. The zero-order chi connectivity index (χ0) is 18.1. The van der Waals surface area contributed by atoms with Gasteiger partial charge in [-0.25, -0.2) is 0 Å². The molecule has 0 aromatic heterocycles. The van der Waals surface area contributed by atoms with Gasteiger partial charge in [0.15, 0.2) is 5.96 Å². The Hall–Kier alpha value is -1.55. The molecule has 25 heavy (non-hydrogen) atoms. The molecule has 1 heterocycles. The van der Waals surface area contributed by atoms with Gasteiger partial charge in [0, 0.05) is 25.6 Å². The zero-order valence-corrected chi connectivity index (χ0v) is 16.5. The van der Waals surface area contributed by atoms with Gasteiger partial charge in [-0.15, -0.1) is 0 Å². The first kappa shape index (κ1) is 19.8. The van der Waals surface area contributed by atoms with E-state index in [9.17, 15) is 0 Å². The molecule has 0 radical (unpaired) electrons. The molecule has 2 N–H and O–H groups in total. The third-order valence-electron chi connectivity index (χ3n) is 5.16. The van der Waals surface area contributed by atoms with E-state index in [1.807, 2.05) is 0 Å². The van der Waals surface area contributed by atoms with E-state index in [1.165, 1.54) is 43.5 Å². The first-order valence-electron chi connectivity index (χ1n) is 9.85. The van der Waals surface area contributed by atoms with Crippen molar-refractivity contribution in [1.82, 2.24) is 15.5 Å². The summed E-state index contributed by atoms with van der Waals surface area (Å²) in [6.07, 6.45) is 3.90. The molecule has 0 bridgehead atoms. The molecule has 0 amide bonds. The van der Waals surface area contributed by atoms with Crippen LogP contribution < -0.4 is 10.6 Å². The number of guanidine groups is 1. The summed E-state index contributed by atoms with van der Waals surface area (Å²) in [4.78, 5) is 7.23. The fraction of sp³-hybridized carbons (Fsp3) is 0.667. The summed E-state index contributed by atoms with van der Waals surface area (Å²) < 4.78 is 0. The molecule has 0 aliphatic carbocycles. The van der Waals surface area contributed by atoms with Gasteiger partial charge >= 0.3 is 0 Å². The Bertz CT molecular complexity index is 532. The van der Waals surface area contributed by atoms with Gasteiger partial charge < -0.3 is 15.5 Å². The predicted octanol–water partition coefficient (Wildman–Crippen LogP) is 3.39. The summed E-state index contributed by atoms with van der Waals surface area (Å²) in [5, 5.41) is 6.90. The van der Waals surface area contributed by atoms with Gasteiger partial charge in [-0.3, -0.25) is 4.99 Å². The molecule has 1 unspecified atom stereocenters. The number of rotatable bonds is 7. The fourth-order valence-electron chi connectivity index (χ4n) is 3.40. The maximum absolute atomic E-state index is 4.80. The number of piperidine rings is 1. The van der Waals surface area contributed by atoms with Crippen LogP contribution in [0.5, 0.6) is 0 Å². The summed E-state index contributed by atoms with van der Waals surface area (Å²) in [6, 6.07) is 8.75. The molecule has 0 spiro atoms. The molecule has 1 saturated heterocycles. The van der Waals surface area contributed by atoms with Crippen LogP contribution in [-0.4, -0.2) is 50.6 Å². The van der Waals surface area contributed by atoms with Crippen LogP contribution in [0.4, 0.5) is 0 Å². The van der Waals surface area contributed by atoms with Crippen molar-refractivity contribution in [2.24, 2.45) is 10.9 Å². The summed E-state index contributed by atoms with van der Waals surface area (Å²) in [7, 11) is 2.22. The highest BCUT2D eigenvalue weighted by molar-refractivity contribution is 5.79. The van der Waals surface area contributed by atoms with E-state index in [1.54, 1.807) is 0 Å². The third-order valence-corrected chi connectivity index (χ3v) is 5.16. The molecule has 2 rings (SSSR count). The minimum absolute atomic E-state index is 0.434. The Balaban J connectivity index is 1.79. The summed E-state index contributed by atoms with van der Waals surface area (Å²) in [5.74, 6) is 2.25. The van der Waals surface area contributed by atoms with Gasteiger partial charge in [-0.05, 0) is 64.7 Å². The van der Waals surface area contributed by atoms with Crippen LogP contribution in [-0.2, 0) is 0 Å². The molecular weight excluding hydrogens is 308 g/mol. The first-order valence-corrected chi connectivity index (χ1v) is 9.85. The topological polar surface area (TPSA) is 39.7 Å². The van der Waals surface area contributed by atoms with E-state index in [0.29, 0.717) is 5.92 Å². The van der Waals surface area contributed by atoms with Crippen molar-refractivity contribution < 1.29 is 0 Å². The number of aliphatic imine (C=N–C) groups is 1. The number of likely N-dealkylation sites (tertiary alicyclic amines) is 1. The standard InChI is InChI=1S/C21H36N4/c1-5-22-21(23-12-9-19-10-13-25(4)14-11-19)24-16-18(3)20-8-6-7-17(2)15-20/h6-8,15,18-19H,5,9-14,16H2,1-4H3,(H2,22,23,24). The summed E-state index contributed by atoms with van der Waals surface area (Å²) >= 11 is 0. The molecule has 1 atom stereocenters. The van der Waals surface area contributed by atoms with Crippen molar-refractivity contribution in [3.63, 3.8) is 0 Å². The van der Waals surface area contributed by atoms with Crippen molar-refractivity contribution in [2.45, 2.75) is 46.0 Å². The number of hydrogen-bond acceptors (Lipinski definition) is 2. The quantitative estimate of drug-likeness (QED) is 0.588. The van der Waals surface area contributed by atoms with E-state index < -0.39 is 0 Å². The Morgan fingerprint density at radius 2 is 2.04 bits per heavy atom. The van der Waals surface area contributed by atoms with Crippen LogP contribution in [0.15, 0.2) is 29.3 Å². The Kier molecular flexibility index (Phi) is 8.26. The molecular formula is C21H36N4. The Morgan fingerprint density at radius 3 is 2.72 bits per heavy atom. The van der Waals surface area contributed by atoms with Gasteiger partial charge in [0.1, 0.15) is 0 Å². The second-order valence-corrected chi connectivity index (χ2v) is 7.50. The van der Waals surface area contributed by atoms with Crippen molar-refractivity contribution >= 4 is 5.96 Å². The van der Waals surface area contributed by atoms with Crippen LogP contribution in [0.25, 0.3) is 0 Å². The van der Waals surface area contributed by atoms with Gasteiger partial charge in [-0.1, -0.05) is 36.8 Å².